The first-order chi connectivity index (χ1) is 13.9. The van der Waals surface area contributed by atoms with Gasteiger partial charge in [0.25, 0.3) is 0 Å². The lowest BCUT2D eigenvalue weighted by Gasteiger charge is -2.23. The molecule has 160 valence electrons. The Morgan fingerprint density at radius 2 is 1.60 bits per heavy atom. The van der Waals surface area contributed by atoms with E-state index in [9.17, 15) is 9.90 Å². The molecule has 2 N–H and O–H groups in total. The fraction of sp³-hybridized carbons (Fsp3) is 0.423. The average Bonchev–Trinajstić information content (AvgIpc) is 2.97. The summed E-state index contributed by atoms with van der Waals surface area (Å²) in [5, 5.41) is 13.9. The monoisotopic (exact) mass is 406 g/mol. The topological polar surface area (TPSA) is 54.3 Å². The van der Waals surface area contributed by atoms with Gasteiger partial charge in [0.1, 0.15) is 6.54 Å². The largest absolute Gasteiger partial charge is 0.395 e. The molecule has 1 heterocycles. The number of nitrogens with zero attached hydrogens (tertiary/aromatic N) is 1. The Balaban J connectivity index is 2.17. The zero-order valence-corrected chi connectivity index (χ0v) is 19.3. The molecule has 0 aliphatic heterocycles. The van der Waals surface area contributed by atoms with Gasteiger partial charge in [-0.15, -0.1) is 0 Å². The number of amides is 1. The number of rotatable bonds is 5. The van der Waals surface area contributed by atoms with Gasteiger partial charge in [0.05, 0.1) is 6.61 Å². The summed E-state index contributed by atoms with van der Waals surface area (Å²) in [7, 11) is 0. The smallest absolute Gasteiger partial charge is 0.240 e. The second-order valence-corrected chi connectivity index (χ2v) is 10.1. The van der Waals surface area contributed by atoms with Crippen LogP contribution in [-0.2, 0) is 16.8 Å². The zero-order chi connectivity index (χ0) is 22.3. The van der Waals surface area contributed by atoms with Gasteiger partial charge in [-0.25, -0.2) is 0 Å². The number of hydrogen-bond acceptors (Lipinski definition) is 2. The van der Waals surface area contributed by atoms with Gasteiger partial charge in [-0.1, -0.05) is 37.1 Å². The third-order valence-corrected chi connectivity index (χ3v) is 5.41. The van der Waals surface area contributed by atoms with E-state index in [1.807, 2.05) is 34.6 Å². The number of aryl methyl sites for hydroxylation is 2. The predicted octanol–water partition coefficient (Wildman–Crippen LogP) is 5.11. The highest BCUT2D eigenvalue weighted by molar-refractivity contribution is 5.90. The number of carbonyl (C=O) groups is 1. The van der Waals surface area contributed by atoms with Crippen LogP contribution >= 0.6 is 0 Å². The van der Waals surface area contributed by atoms with Crippen LogP contribution in [0.25, 0.3) is 22.2 Å². The highest BCUT2D eigenvalue weighted by atomic mass is 16.3. The zero-order valence-electron chi connectivity index (χ0n) is 19.3. The van der Waals surface area contributed by atoms with Crippen molar-refractivity contribution in [3.63, 3.8) is 0 Å². The van der Waals surface area contributed by atoms with E-state index in [4.69, 9.17) is 0 Å². The number of hydrogen-bond donors (Lipinski definition) is 2. The van der Waals surface area contributed by atoms with Crippen LogP contribution in [-0.4, -0.2) is 27.7 Å². The van der Waals surface area contributed by atoms with Crippen LogP contribution in [0.5, 0.6) is 0 Å². The molecule has 4 heteroatoms. The Kier molecular flexibility index (Phi) is 5.83. The summed E-state index contributed by atoms with van der Waals surface area (Å²) in [6.07, 6.45) is 0. The standard InChI is InChI=1S/C26H34N2O2/c1-17-10-18(2)12-19(11-17)23-14-20-13-21(26(6,7)16-29)8-9-22(20)28(23)15-24(30)27-25(3,4)5/h8-14,29H,15-16H2,1-7H3,(H,27,30). The number of aliphatic hydroxyl groups excluding tert-OH is 1. The first kappa shape index (κ1) is 22.1. The molecular weight excluding hydrogens is 372 g/mol. The summed E-state index contributed by atoms with van der Waals surface area (Å²) in [5.41, 5.74) is 6.03. The van der Waals surface area contributed by atoms with Crippen molar-refractivity contribution in [2.45, 2.75) is 66.0 Å². The minimum Gasteiger partial charge on any atom is -0.395 e. The second kappa shape index (κ2) is 7.92. The minimum atomic E-state index is -0.319. The molecule has 1 amide bonds. The number of fused-ring (bicyclic) bond motifs is 1. The third kappa shape index (κ3) is 4.76. The summed E-state index contributed by atoms with van der Waals surface area (Å²) in [6, 6.07) is 14.9. The quantitative estimate of drug-likeness (QED) is 0.619. The number of aromatic nitrogens is 1. The normalized spacial score (nSPS) is 12.4. The Morgan fingerprint density at radius 1 is 0.967 bits per heavy atom. The summed E-state index contributed by atoms with van der Waals surface area (Å²) in [4.78, 5) is 12.8. The first-order valence-corrected chi connectivity index (χ1v) is 10.5. The molecule has 2 aromatic carbocycles. The maximum atomic E-state index is 12.8. The molecule has 0 spiro atoms. The lowest BCUT2D eigenvalue weighted by atomic mass is 9.85. The van der Waals surface area contributed by atoms with Crippen LogP contribution in [0.4, 0.5) is 0 Å². The first-order valence-electron chi connectivity index (χ1n) is 10.5. The predicted molar refractivity (Wildman–Crippen MR) is 125 cm³/mol. The van der Waals surface area contributed by atoms with Crippen molar-refractivity contribution in [1.29, 1.82) is 0 Å². The van der Waals surface area contributed by atoms with Gasteiger partial charge in [0, 0.05) is 27.6 Å². The van der Waals surface area contributed by atoms with E-state index in [0.717, 1.165) is 27.7 Å². The van der Waals surface area contributed by atoms with Gasteiger partial charge >= 0.3 is 0 Å². The fourth-order valence-corrected chi connectivity index (χ4v) is 3.92. The van der Waals surface area contributed by atoms with Gasteiger partial charge in [-0.2, -0.15) is 0 Å². The van der Waals surface area contributed by atoms with Crippen molar-refractivity contribution in [3.8, 4) is 11.3 Å². The summed E-state index contributed by atoms with van der Waals surface area (Å²) < 4.78 is 2.10. The Hall–Kier alpha value is -2.59. The molecule has 4 nitrogen and oxygen atoms in total. The van der Waals surface area contributed by atoms with Crippen molar-refractivity contribution >= 4 is 16.8 Å². The van der Waals surface area contributed by atoms with Crippen molar-refractivity contribution in [2.75, 3.05) is 6.61 Å². The maximum absolute atomic E-state index is 12.8. The number of carbonyl (C=O) groups excluding carboxylic acids is 1. The van der Waals surface area contributed by atoms with E-state index in [1.54, 1.807) is 0 Å². The van der Waals surface area contributed by atoms with Crippen molar-refractivity contribution in [1.82, 2.24) is 9.88 Å². The molecule has 0 bridgehead atoms. The van der Waals surface area contributed by atoms with Gasteiger partial charge < -0.3 is 15.0 Å². The lowest BCUT2D eigenvalue weighted by molar-refractivity contribution is -0.122. The van der Waals surface area contributed by atoms with Gasteiger partial charge in [-0.3, -0.25) is 4.79 Å². The molecule has 3 rings (SSSR count). The molecule has 30 heavy (non-hydrogen) atoms. The number of aliphatic hydroxyl groups is 1. The fourth-order valence-electron chi connectivity index (χ4n) is 3.92. The Labute approximate surface area is 179 Å². The maximum Gasteiger partial charge on any atom is 0.240 e. The molecule has 0 atom stereocenters. The Morgan fingerprint density at radius 3 is 2.17 bits per heavy atom. The third-order valence-electron chi connectivity index (χ3n) is 5.41. The minimum absolute atomic E-state index is 0.00890. The van der Waals surface area contributed by atoms with Gasteiger partial charge in [0.2, 0.25) is 5.91 Å². The summed E-state index contributed by atoms with van der Waals surface area (Å²) in [6.45, 7) is 14.6. The molecule has 0 aliphatic rings. The van der Waals surface area contributed by atoms with Gasteiger partial charge in [0.15, 0.2) is 0 Å². The van der Waals surface area contributed by atoms with Crippen LogP contribution in [0, 0.1) is 13.8 Å². The SMILES string of the molecule is Cc1cc(C)cc(-c2cc3cc(C(C)(C)CO)ccc3n2CC(=O)NC(C)(C)C)c1. The van der Waals surface area contributed by atoms with Crippen LogP contribution in [0.3, 0.4) is 0 Å². The van der Waals surface area contributed by atoms with Crippen LogP contribution in [0.2, 0.25) is 0 Å². The van der Waals surface area contributed by atoms with E-state index in [-0.39, 0.29) is 30.0 Å². The summed E-state index contributed by atoms with van der Waals surface area (Å²) >= 11 is 0. The van der Waals surface area contributed by atoms with Crippen molar-refractivity contribution < 1.29 is 9.90 Å². The van der Waals surface area contributed by atoms with Crippen LogP contribution < -0.4 is 5.32 Å². The van der Waals surface area contributed by atoms with Crippen molar-refractivity contribution in [3.05, 3.63) is 59.2 Å². The highest BCUT2D eigenvalue weighted by Gasteiger charge is 2.22. The molecule has 0 saturated carbocycles. The molecule has 0 aliphatic carbocycles. The summed E-state index contributed by atoms with van der Waals surface area (Å²) in [5.74, 6) is -0.00890. The van der Waals surface area contributed by atoms with Crippen molar-refractivity contribution in [2.24, 2.45) is 0 Å². The number of nitrogens with one attached hydrogen (secondary N) is 1. The van der Waals surface area contributed by atoms with E-state index >= 15 is 0 Å². The van der Waals surface area contributed by atoms with Crippen LogP contribution in [0.15, 0.2) is 42.5 Å². The molecule has 0 fully saturated rings. The lowest BCUT2D eigenvalue weighted by Crippen LogP contribution is -2.42. The second-order valence-electron chi connectivity index (χ2n) is 10.1. The van der Waals surface area contributed by atoms with Gasteiger partial charge in [-0.05, 0) is 76.1 Å². The van der Waals surface area contributed by atoms with E-state index in [0.29, 0.717) is 0 Å². The van der Waals surface area contributed by atoms with E-state index < -0.39 is 0 Å². The molecule has 0 radical (unpaired) electrons. The average molecular weight is 407 g/mol. The van der Waals surface area contributed by atoms with E-state index in [1.165, 1.54) is 11.1 Å². The van der Waals surface area contributed by atoms with Crippen LogP contribution in [0.1, 0.15) is 51.3 Å². The number of benzene rings is 2. The molecule has 0 unspecified atom stereocenters. The molecule has 3 aromatic rings. The highest BCUT2D eigenvalue weighted by Crippen LogP contribution is 2.33. The molecule has 0 saturated heterocycles. The molecular formula is C26H34N2O2. The molecule has 1 aromatic heterocycles. The van der Waals surface area contributed by atoms with E-state index in [2.05, 4.69) is 66.2 Å². The Bertz CT molecular complexity index is 1060.